The Kier molecular flexibility index (Phi) is 4.49. The summed E-state index contributed by atoms with van der Waals surface area (Å²) in [7, 11) is 0. The summed E-state index contributed by atoms with van der Waals surface area (Å²) in [4.78, 5) is 27.0. The van der Waals surface area contributed by atoms with E-state index in [4.69, 9.17) is 0 Å². The van der Waals surface area contributed by atoms with Crippen molar-refractivity contribution in [2.75, 3.05) is 5.01 Å². The largest absolute Gasteiger partial charge is 0.434 e. The molecular weight excluding hydrogens is 348 g/mol. The van der Waals surface area contributed by atoms with Gasteiger partial charge in [-0.1, -0.05) is 0 Å². The molecule has 1 aromatic heterocycles. The number of hydrazone groups is 1. The lowest BCUT2D eigenvalue weighted by Crippen LogP contribution is -2.31. The third kappa shape index (κ3) is 3.17. The zero-order valence-electron chi connectivity index (χ0n) is 14.2. The number of carbonyl (C=O) groups is 2. The smallest absolute Gasteiger partial charge is 0.387 e. The van der Waals surface area contributed by atoms with E-state index >= 15 is 0 Å². The number of ketones is 1. The van der Waals surface area contributed by atoms with Gasteiger partial charge in [0.2, 0.25) is 0 Å². The van der Waals surface area contributed by atoms with Gasteiger partial charge in [-0.25, -0.2) is 0 Å². The number of nitrogens with one attached hydrogen (secondary N) is 1. The number of aromatic nitrogens is 3. The molecule has 2 aromatic rings. The molecule has 26 heavy (non-hydrogen) atoms. The summed E-state index contributed by atoms with van der Waals surface area (Å²) >= 11 is 0. The molecule has 1 aromatic carbocycles. The number of carbonyl (C=O) groups excluding carboxylic acids is 2. The maximum absolute atomic E-state index is 12.7. The van der Waals surface area contributed by atoms with E-state index < -0.39 is 18.4 Å². The maximum Gasteiger partial charge on any atom is 0.387 e. The molecule has 136 valence electrons. The van der Waals surface area contributed by atoms with Crippen molar-refractivity contribution in [3.8, 4) is 17.1 Å². The predicted octanol–water partition coefficient (Wildman–Crippen LogP) is 2.31. The Hall–Kier alpha value is -3.17. The van der Waals surface area contributed by atoms with Crippen LogP contribution in [0.25, 0.3) is 11.4 Å². The number of aromatic amines is 1. The zero-order chi connectivity index (χ0) is 19.0. The molecule has 10 heteroatoms. The topological polar surface area (TPSA) is 101 Å². The molecule has 8 nitrogen and oxygen atoms in total. The van der Waals surface area contributed by atoms with E-state index in [1.807, 2.05) is 0 Å². The van der Waals surface area contributed by atoms with Gasteiger partial charge in [-0.15, -0.1) is 10.2 Å². The lowest BCUT2D eigenvalue weighted by Gasteiger charge is -2.16. The summed E-state index contributed by atoms with van der Waals surface area (Å²) in [6, 6.07) is 4.12. The Balaban J connectivity index is 2.05. The summed E-state index contributed by atoms with van der Waals surface area (Å²) in [5, 5.41) is 12.9. The van der Waals surface area contributed by atoms with E-state index in [0.29, 0.717) is 17.2 Å². The molecule has 0 saturated heterocycles. The summed E-state index contributed by atoms with van der Waals surface area (Å²) in [5.74, 6) is -1.20. The fraction of sp³-hybridized carbons (Fsp3) is 0.312. The van der Waals surface area contributed by atoms with Gasteiger partial charge < -0.3 is 9.72 Å². The molecule has 1 atom stereocenters. The highest BCUT2D eigenvalue weighted by Crippen LogP contribution is 2.35. The number of Topliss-reactive ketones (excluding diaryl/α,β-unsaturated/α-hetero) is 1. The molecule has 0 fully saturated rings. The van der Waals surface area contributed by atoms with Crippen LogP contribution in [-0.2, 0) is 9.59 Å². The average molecular weight is 363 g/mol. The van der Waals surface area contributed by atoms with Gasteiger partial charge >= 0.3 is 6.61 Å². The number of nitrogens with zero attached hydrogens (tertiary/aromatic N) is 4. The number of halogens is 2. The second kappa shape index (κ2) is 6.62. The molecule has 1 amide bonds. The fourth-order valence-corrected chi connectivity index (χ4v) is 2.72. The van der Waals surface area contributed by atoms with E-state index in [0.717, 1.165) is 5.01 Å². The van der Waals surface area contributed by atoms with Crippen LogP contribution in [0.4, 0.5) is 14.5 Å². The molecule has 1 unspecified atom stereocenters. The van der Waals surface area contributed by atoms with E-state index in [2.05, 4.69) is 25.0 Å². The maximum atomic E-state index is 12.7. The minimum atomic E-state index is -3.03. The van der Waals surface area contributed by atoms with Gasteiger partial charge in [0.25, 0.3) is 5.91 Å². The first-order valence-electron chi connectivity index (χ1n) is 7.66. The van der Waals surface area contributed by atoms with Crippen LogP contribution in [0.2, 0.25) is 0 Å². The number of rotatable bonds is 5. The highest BCUT2D eigenvalue weighted by molar-refractivity contribution is 6.26. The number of anilines is 1. The van der Waals surface area contributed by atoms with Crippen LogP contribution < -0.4 is 9.75 Å². The average Bonchev–Trinajstić information content (AvgIpc) is 3.10. The van der Waals surface area contributed by atoms with Crippen LogP contribution in [0.3, 0.4) is 0 Å². The van der Waals surface area contributed by atoms with Gasteiger partial charge in [0.05, 0.1) is 17.0 Å². The Bertz CT molecular complexity index is 909. The minimum absolute atomic E-state index is 0.129. The lowest BCUT2D eigenvalue weighted by molar-refractivity contribution is -0.127. The van der Waals surface area contributed by atoms with Gasteiger partial charge in [0.1, 0.15) is 23.3 Å². The fourth-order valence-electron chi connectivity index (χ4n) is 2.72. The Morgan fingerprint density at radius 2 is 2.04 bits per heavy atom. The standard InChI is InChI=1S/C16H15F2N5O3/c1-7-13(8(2)24)15(25)23(22-7)10-4-5-12(26-16(17)18)11(6-10)14-19-9(3)20-21-14/h4-6,13,16H,1-3H3,(H,19,20,21). The third-order valence-corrected chi connectivity index (χ3v) is 3.82. The number of ether oxygens (including phenoxy) is 1. The molecular formula is C16H15F2N5O3. The highest BCUT2D eigenvalue weighted by atomic mass is 19.3. The van der Waals surface area contributed by atoms with Gasteiger partial charge in [-0.05, 0) is 39.0 Å². The normalized spacial score (nSPS) is 17.0. The number of alkyl halides is 2. The van der Waals surface area contributed by atoms with E-state index in [9.17, 15) is 18.4 Å². The number of H-pyrrole nitrogens is 1. The molecule has 0 radical (unpaired) electrons. The highest BCUT2D eigenvalue weighted by Gasteiger charge is 2.37. The number of benzene rings is 1. The van der Waals surface area contributed by atoms with Crippen LogP contribution >= 0.6 is 0 Å². The van der Waals surface area contributed by atoms with Crippen LogP contribution in [0, 0.1) is 12.8 Å². The van der Waals surface area contributed by atoms with Gasteiger partial charge in [0.15, 0.2) is 5.82 Å². The number of hydrogen-bond acceptors (Lipinski definition) is 6. The van der Waals surface area contributed by atoms with Gasteiger partial charge in [-0.2, -0.15) is 18.9 Å². The number of hydrogen-bond donors (Lipinski definition) is 1. The Morgan fingerprint density at radius 1 is 1.31 bits per heavy atom. The van der Waals surface area contributed by atoms with Crippen LogP contribution in [0.5, 0.6) is 5.75 Å². The molecule has 0 aliphatic carbocycles. The van der Waals surface area contributed by atoms with Crippen molar-refractivity contribution in [2.24, 2.45) is 11.0 Å². The van der Waals surface area contributed by atoms with Crippen LogP contribution in [0.15, 0.2) is 23.3 Å². The Morgan fingerprint density at radius 3 is 2.58 bits per heavy atom. The zero-order valence-corrected chi connectivity index (χ0v) is 14.2. The predicted molar refractivity (Wildman–Crippen MR) is 88.0 cm³/mol. The van der Waals surface area contributed by atoms with Crippen molar-refractivity contribution in [1.82, 2.24) is 15.2 Å². The summed E-state index contributed by atoms with van der Waals surface area (Å²) in [5.41, 5.74) is 0.853. The summed E-state index contributed by atoms with van der Waals surface area (Å²) in [6.45, 7) is 1.52. The van der Waals surface area contributed by atoms with Gasteiger partial charge in [0, 0.05) is 0 Å². The summed E-state index contributed by atoms with van der Waals surface area (Å²) < 4.78 is 29.9. The van der Waals surface area contributed by atoms with E-state index in [1.54, 1.807) is 13.8 Å². The SMILES string of the molecule is CC(=O)C1C(=O)N(c2ccc(OC(F)F)c(-c3nnc(C)[nH]3)c2)N=C1C. The quantitative estimate of drug-likeness (QED) is 0.822. The van der Waals surface area contributed by atoms with E-state index in [1.165, 1.54) is 25.1 Å². The first kappa shape index (κ1) is 17.6. The van der Waals surface area contributed by atoms with Crippen molar-refractivity contribution in [1.29, 1.82) is 0 Å². The molecule has 1 aliphatic rings. The van der Waals surface area contributed by atoms with Crippen LogP contribution in [-0.4, -0.2) is 39.2 Å². The van der Waals surface area contributed by atoms with Crippen molar-refractivity contribution in [3.05, 3.63) is 24.0 Å². The number of amides is 1. The number of aryl methyl sites for hydroxylation is 1. The summed E-state index contributed by atoms with van der Waals surface area (Å²) in [6.07, 6.45) is 0. The molecule has 2 heterocycles. The Labute approximate surface area is 146 Å². The third-order valence-electron chi connectivity index (χ3n) is 3.82. The molecule has 3 rings (SSSR count). The minimum Gasteiger partial charge on any atom is -0.434 e. The van der Waals surface area contributed by atoms with E-state index in [-0.39, 0.29) is 22.9 Å². The first-order valence-corrected chi connectivity index (χ1v) is 7.66. The van der Waals surface area contributed by atoms with Gasteiger partial charge in [-0.3, -0.25) is 9.59 Å². The molecule has 0 saturated carbocycles. The van der Waals surface area contributed by atoms with Crippen molar-refractivity contribution < 1.29 is 23.1 Å². The van der Waals surface area contributed by atoms with Crippen molar-refractivity contribution in [3.63, 3.8) is 0 Å². The molecule has 1 N–H and O–H groups in total. The molecule has 0 bridgehead atoms. The second-order valence-corrected chi connectivity index (χ2v) is 5.75. The molecule has 0 spiro atoms. The lowest BCUT2D eigenvalue weighted by atomic mass is 10.0. The monoisotopic (exact) mass is 363 g/mol. The van der Waals surface area contributed by atoms with Crippen molar-refractivity contribution >= 4 is 23.1 Å². The van der Waals surface area contributed by atoms with Crippen LogP contribution in [0.1, 0.15) is 19.7 Å². The van der Waals surface area contributed by atoms with Crippen molar-refractivity contribution in [2.45, 2.75) is 27.4 Å². The molecule has 1 aliphatic heterocycles. The second-order valence-electron chi connectivity index (χ2n) is 5.75. The first-order chi connectivity index (χ1) is 12.3.